The summed E-state index contributed by atoms with van der Waals surface area (Å²) in [5, 5.41) is 13.2. The molecule has 1 aliphatic carbocycles. The van der Waals surface area contributed by atoms with Crippen LogP contribution in [0.2, 0.25) is 0 Å². The number of hydrogen-bond donors (Lipinski definition) is 1. The fourth-order valence-electron chi connectivity index (χ4n) is 2.57. The molecule has 1 amide bonds. The zero-order valence-electron chi connectivity index (χ0n) is 13.2. The van der Waals surface area contributed by atoms with Crippen LogP contribution in [0.25, 0.3) is 6.08 Å². The van der Waals surface area contributed by atoms with Crippen molar-refractivity contribution in [1.29, 1.82) is 0 Å². The van der Waals surface area contributed by atoms with E-state index in [4.69, 9.17) is 9.15 Å². The molecule has 1 fully saturated rings. The summed E-state index contributed by atoms with van der Waals surface area (Å²) in [5.41, 5.74) is 0. The fraction of sp³-hybridized carbons (Fsp3) is 0.500. The van der Waals surface area contributed by atoms with Crippen molar-refractivity contribution in [3.63, 3.8) is 0 Å². The van der Waals surface area contributed by atoms with Crippen LogP contribution in [0.15, 0.2) is 22.6 Å². The monoisotopic (exact) mass is 336 g/mol. The highest BCUT2D eigenvalue weighted by atomic mass is 16.6. The quantitative estimate of drug-likeness (QED) is 0.354. The summed E-state index contributed by atoms with van der Waals surface area (Å²) in [4.78, 5) is 32.9. The first-order chi connectivity index (χ1) is 11.5. The molecular weight excluding hydrogens is 316 g/mol. The number of rotatable bonds is 7. The van der Waals surface area contributed by atoms with E-state index in [2.05, 4.69) is 5.32 Å². The molecule has 1 N–H and O–H groups in total. The molecule has 1 saturated carbocycles. The zero-order valence-corrected chi connectivity index (χ0v) is 13.2. The van der Waals surface area contributed by atoms with E-state index in [1.54, 1.807) is 0 Å². The van der Waals surface area contributed by atoms with Crippen molar-refractivity contribution < 1.29 is 23.7 Å². The number of carbonyl (C=O) groups excluding carboxylic acids is 2. The first-order valence-electron chi connectivity index (χ1n) is 7.90. The molecule has 0 saturated heterocycles. The van der Waals surface area contributed by atoms with Crippen LogP contribution in [0.5, 0.6) is 0 Å². The average molecular weight is 336 g/mol. The summed E-state index contributed by atoms with van der Waals surface area (Å²) in [5.74, 6) is -0.809. The number of hydrogen-bond acceptors (Lipinski definition) is 6. The van der Waals surface area contributed by atoms with Crippen molar-refractivity contribution in [2.24, 2.45) is 5.92 Å². The molecule has 1 aromatic rings. The summed E-state index contributed by atoms with van der Waals surface area (Å²) >= 11 is 0. The van der Waals surface area contributed by atoms with Crippen LogP contribution in [-0.4, -0.2) is 30.0 Å². The van der Waals surface area contributed by atoms with Gasteiger partial charge >= 0.3 is 11.9 Å². The summed E-state index contributed by atoms with van der Waals surface area (Å²) < 4.78 is 9.66. The minimum absolute atomic E-state index is 0.153. The molecule has 0 radical (unpaired) electrons. The van der Waals surface area contributed by atoms with Crippen molar-refractivity contribution in [3.05, 3.63) is 34.1 Å². The third-order valence-electron chi connectivity index (χ3n) is 3.83. The van der Waals surface area contributed by atoms with Crippen LogP contribution < -0.4 is 5.32 Å². The van der Waals surface area contributed by atoms with E-state index in [9.17, 15) is 19.7 Å². The minimum atomic E-state index is -0.720. The maximum absolute atomic E-state index is 11.6. The van der Waals surface area contributed by atoms with Gasteiger partial charge in [0.15, 0.2) is 6.61 Å². The van der Waals surface area contributed by atoms with Gasteiger partial charge in [-0.3, -0.25) is 14.9 Å². The molecule has 1 heterocycles. The van der Waals surface area contributed by atoms with Gasteiger partial charge in [0.2, 0.25) is 0 Å². The van der Waals surface area contributed by atoms with Gasteiger partial charge in [0.1, 0.15) is 10.7 Å². The molecule has 1 aromatic heterocycles. The zero-order chi connectivity index (χ0) is 17.4. The van der Waals surface area contributed by atoms with Crippen molar-refractivity contribution >= 4 is 23.8 Å². The van der Waals surface area contributed by atoms with Gasteiger partial charge in [-0.1, -0.05) is 19.3 Å². The largest absolute Gasteiger partial charge is 0.452 e. The van der Waals surface area contributed by atoms with E-state index in [-0.39, 0.29) is 18.3 Å². The van der Waals surface area contributed by atoms with Crippen LogP contribution in [0.3, 0.4) is 0 Å². The molecule has 0 bridgehead atoms. The Morgan fingerprint density at radius 3 is 2.75 bits per heavy atom. The first kappa shape index (κ1) is 17.7. The smallest absolute Gasteiger partial charge is 0.433 e. The summed E-state index contributed by atoms with van der Waals surface area (Å²) in [6, 6.07) is 2.54. The molecule has 24 heavy (non-hydrogen) atoms. The molecule has 8 nitrogen and oxygen atoms in total. The number of carbonyl (C=O) groups is 2. The molecule has 0 unspecified atom stereocenters. The second-order valence-corrected chi connectivity index (χ2v) is 5.68. The lowest BCUT2D eigenvalue weighted by molar-refractivity contribution is -0.402. The lowest BCUT2D eigenvalue weighted by atomic mass is 9.89. The Kier molecular flexibility index (Phi) is 6.53. The van der Waals surface area contributed by atoms with Crippen LogP contribution >= 0.6 is 0 Å². The molecule has 1 aliphatic rings. The van der Waals surface area contributed by atoms with Gasteiger partial charge in [0.05, 0.1) is 6.07 Å². The first-order valence-corrected chi connectivity index (χ1v) is 7.90. The maximum atomic E-state index is 11.6. The summed E-state index contributed by atoms with van der Waals surface area (Å²) in [7, 11) is 0. The molecule has 0 atom stereocenters. The van der Waals surface area contributed by atoms with Crippen LogP contribution in [0.4, 0.5) is 5.88 Å². The molecular formula is C16H20N2O6. The second-order valence-electron chi connectivity index (χ2n) is 5.68. The number of amides is 1. The molecule has 0 aliphatic heterocycles. The Morgan fingerprint density at radius 1 is 1.33 bits per heavy atom. The Hall–Kier alpha value is -2.64. The van der Waals surface area contributed by atoms with E-state index >= 15 is 0 Å². The van der Waals surface area contributed by atoms with Gasteiger partial charge in [0.25, 0.3) is 5.91 Å². The predicted molar refractivity (Wildman–Crippen MR) is 84.9 cm³/mol. The Balaban J connectivity index is 1.66. The molecule has 130 valence electrons. The molecule has 0 aromatic carbocycles. The third-order valence-corrected chi connectivity index (χ3v) is 3.83. The van der Waals surface area contributed by atoms with Crippen LogP contribution in [0.1, 0.15) is 37.9 Å². The second kappa shape index (κ2) is 8.85. The Labute approximate surface area is 139 Å². The average Bonchev–Trinajstić information content (AvgIpc) is 3.06. The van der Waals surface area contributed by atoms with E-state index < -0.39 is 16.8 Å². The maximum Gasteiger partial charge on any atom is 0.433 e. The minimum Gasteiger partial charge on any atom is -0.452 e. The lowest BCUT2D eigenvalue weighted by Gasteiger charge is -2.21. The van der Waals surface area contributed by atoms with Gasteiger partial charge in [-0.2, -0.15) is 0 Å². The van der Waals surface area contributed by atoms with E-state index in [1.165, 1.54) is 37.5 Å². The van der Waals surface area contributed by atoms with Crippen molar-refractivity contribution in [1.82, 2.24) is 5.32 Å². The number of nitrogens with one attached hydrogen (secondary N) is 1. The van der Waals surface area contributed by atoms with Crippen molar-refractivity contribution in [2.75, 3.05) is 13.2 Å². The summed E-state index contributed by atoms with van der Waals surface area (Å²) in [6.07, 6.45) is 8.20. The molecule has 0 spiro atoms. The lowest BCUT2D eigenvalue weighted by Crippen LogP contribution is -2.33. The standard InChI is InChI=1S/C16H20N2O6/c19-14(17-10-12-4-2-1-3-5-12)11-23-16(20)9-7-13-6-8-15(24-13)18(21)22/h6-9,12H,1-5,10-11H2,(H,17,19)/b9-7+. The van der Waals surface area contributed by atoms with Crippen molar-refractivity contribution in [3.8, 4) is 0 Å². The number of esters is 1. The van der Waals surface area contributed by atoms with Gasteiger partial charge in [0, 0.05) is 12.6 Å². The van der Waals surface area contributed by atoms with Crippen LogP contribution in [-0.2, 0) is 14.3 Å². The predicted octanol–water partition coefficient (Wildman–Crippen LogP) is 2.44. The van der Waals surface area contributed by atoms with Crippen molar-refractivity contribution in [2.45, 2.75) is 32.1 Å². The fourth-order valence-corrected chi connectivity index (χ4v) is 2.57. The number of ether oxygens (including phenoxy) is 1. The third kappa shape index (κ3) is 5.86. The number of furan rings is 1. The van der Waals surface area contributed by atoms with E-state index in [0.29, 0.717) is 12.5 Å². The van der Waals surface area contributed by atoms with Gasteiger partial charge in [-0.25, -0.2) is 4.79 Å². The van der Waals surface area contributed by atoms with Gasteiger partial charge in [-0.05, 0) is 30.9 Å². The van der Waals surface area contributed by atoms with Gasteiger partial charge in [-0.15, -0.1) is 0 Å². The Bertz CT molecular complexity index is 616. The number of nitrogens with zero attached hydrogens (tertiary/aromatic N) is 1. The highest BCUT2D eigenvalue weighted by molar-refractivity contribution is 5.88. The molecule has 8 heteroatoms. The highest BCUT2D eigenvalue weighted by Gasteiger charge is 2.15. The molecule has 2 rings (SSSR count). The van der Waals surface area contributed by atoms with Gasteiger partial charge < -0.3 is 14.5 Å². The SMILES string of the molecule is O=C(COC(=O)/C=C/c1ccc([N+](=O)[O-])o1)NCC1CCCCC1. The normalized spacial score (nSPS) is 15.3. The van der Waals surface area contributed by atoms with E-state index in [1.807, 2.05) is 0 Å². The highest BCUT2D eigenvalue weighted by Crippen LogP contribution is 2.22. The van der Waals surface area contributed by atoms with E-state index in [0.717, 1.165) is 18.9 Å². The summed E-state index contributed by atoms with van der Waals surface area (Å²) in [6.45, 7) is 0.260. The topological polar surface area (TPSA) is 112 Å². The van der Waals surface area contributed by atoms with Crippen LogP contribution in [0, 0.1) is 16.0 Å². The Morgan fingerprint density at radius 2 is 2.08 bits per heavy atom. The number of nitro groups is 1.